The van der Waals surface area contributed by atoms with Crippen LogP contribution in [-0.4, -0.2) is 0 Å². The summed E-state index contributed by atoms with van der Waals surface area (Å²) in [5.41, 5.74) is 0.492. The maximum atomic E-state index is 12.7. The second kappa shape index (κ2) is 6.49. The van der Waals surface area contributed by atoms with Gasteiger partial charge in [-0.1, -0.05) is 27.7 Å². The van der Waals surface area contributed by atoms with Crippen LogP contribution in [0.4, 0.5) is 13.2 Å². The van der Waals surface area contributed by atoms with Gasteiger partial charge in [-0.05, 0) is 30.0 Å². The fourth-order valence-corrected chi connectivity index (χ4v) is 1.20. The molecule has 1 aromatic rings. The molecule has 0 heterocycles. The summed E-state index contributed by atoms with van der Waals surface area (Å²) in [6, 6.07) is 2.08. The van der Waals surface area contributed by atoms with E-state index in [2.05, 4.69) is 0 Å². The number of hydrogen-bond donors (Lipinski definition) is 0. The lowest BCUT2D eigenvalue weighted by atomic mass is 10.0. The molecule has 0 aliphatic rings. The number of hydrogen-bond acceptors (Lipinski definition) is 0. The minimum atomic E-state index is -1.40. The highest BCUT2D eigenvalue weighted by atomic mass is 19.2. The molecule has 0 fully saturated rings. The topological polar surface area (TPSA) is 0 Å². The van der Waals surface area contributed by atoms with Gasteiger partial charge in [0.1, 0.15) is 0 Å². The Hall–Kier alpha value is -0.990. The molecule has 0 N–H and O–H groups in total. The largest absolute Gasteiger partial charge is 0.204 e. The highest BCUT2D eigenvalue weighted by molar-refractivity contribution is 5.19. The van der Waals surface area contributed by atoms with Gasteiger partial charge in [-0.3, -0.25) is 0 Å². The molecule has 0 aliphatic carbocycles. The number of halogens is 3. The summed E-state index contributed by atoms with van der Waals surface area (Å²) in [7, 11) is 0. The lowest BCUT2D eigenvalue weighted by Gasteiger charge is -2.05. The molecule has 15 heavy (non-hydrogen) atoms. The maximum Gasteiger partial charge on any atom is 0.194 e. The summed E-state index contributed by atoms with van der Waals surface area (Å²) < 4.78 is 37.8. The summed E-state index contributed by atoms with van der Waals surface area (Å²) in [5, 5.41) is 0. The first kappa shape index (κ1) is 14.0. The molecule has 86 valence electrons. The van der Waals surface area contributed by atoms with Crippen molar-refractivity contribution in [3.63, 3.8) is 0 Å². The molecule has 1 aromatic carbocycles. The van der Waals surface area contributed by atoms with Crippen molar-refractivity contribution < 1.29 is 13.2 Å². The summed E-state index contributed by atoms with van der Waals surface area (Å²) in [4.78, 5) is 0. The highest BCUT2D eigenvalue weighted by Gasteiger charge is 2.10. The Balaban J connectivity index is 0.000000921. The first-order valence-electron chi connectivity index (χ1n) is 5.14. The van der Waals surface area contributed by atoms with Gasteiger partial charge in [0.05, 0.1) is 0 Å². The van der Waals surface area contributed by atoms with E-state index in [0.29, 0.717) is 17.9 Å². The van der Waals surface area contributed by atoms with E-state index in [4.69, 9.17) is 0 Å². The van der Waals surface area contributed by atoms with E-state index in [1.165, 1.54) is 0 Å². The lowest BCUT2D eigenvalue weighted by Crippen LogP contribution is -1.98. The van der Waals surface area contributed by atoms with Gasteiger partial charge in [0.25, 0.3) is 0 Å². The minimum absolute atomic E-state index is 0.296. The smallest absolute Gasteiger partial charge is 0.194 e. The van der Waals surface area contributed by atoms with Gasteiger partial charge in [-0.15, -0.1) is 0 Å². The zero-order valence-corrected chi connectivity index (χ0v) is 9.57. The zero-order valence-electron chi connectivity index (χ0n) is 9.57. The molecule has 0 amide bonds. The molecule has 3 heteroatoms. The second-order valence-electron chi connectivity index (χ2n) is 3.47. The van der Waals surface area contributed by atoms with Crippen molar-refractivity contribution in [3.8, 4) is 0 Å². The molecule has 0 aliphatic heterocycles. The molecule has 1 rings (SSSR count). The van der Waals surface area contributed by atoms with Crippen LogP contribution in [0.3, 0.4) is 0 Å². The number of benzene rings is 1. The minimum Gasteiger partial charge on any atom is -0.204 e. The van der Waals surface area contributed by atoms with Gasteiger partial charge in [0.2, 0.25) is 0 Å². The summed E-state index contributed by atoms with van der Waals surface area (Å²) >= 11 is 0. The Labute approximate surface area is 89.1 Å². The summed E-state index contributed by atoms with van der Waals surface area (Å²) in [5.74, 6) is -3.33. The van der Waals surface area contributed by atoms with Gasteiger partial charge < -0.3 is 0 Å². The van der Waals surface area contributed by atoms with Crippen molar-refractivity contribution in [1.82, 2.24) is 0 Å². The third-order valence-corrected chi connectivity index (χ3v) is 1.69. The van der Waals surface area contributed by atoms with E-state index in [9.17, 15) is 13.2 Å². The Morgan fingerprint density at radius 1 is 1.00 bits per heavy atom. The average Bonchev–Trinajstić information content (AvgIpc) is 2.16. The van der Waals surface area contributed by atoms with E-state index < -0.39 is 17.5 Å². The van der Waals surface area contributed by atoms with E-state index >= 15 is 0 Å². The van der Waals surface area contributed by atoms with Crippen molar-refractivity contribution in [2.45, 2.75) is 34.1 Å². The van der Waals surface area contributed by atoms with E-state index in [0.717, 1.165) is 12.1 Å². The maximum absolute atomic E-state index is 12.7. The van der Waals surface area contributed by atoms with Gasteiger partial charge in [-0.2, -0.15) is 0 Å². The molecule has 0 aromatic heterocycles. The van der Waals surface area contributed by atoms with E-state index in [1.54, 1.807) is 0 Å². The highest BCUT2D eigenvalue weighted by Crippen LogP contribution is 2.16. The van der Waals surface area contributed by atoms with Crippen LogP contribution in [0, 0.1) is 23.4 Å². The number of rotatable bonds is 2. The van der Waals surface area contributed by atoms with Crippen LogP contribution in [0.5, 0.6) is 0 Å². The van der Waals surface area contributed by atoms with Crippen LogP contribution in [0.25, 0.3) is 0 Å². The van der Waals surface area contributed by atoms with Crippen molar-refractivity contribution in [1.29, 1.82) is 0 Å². The van der Waals surface area contributed by atoms with Crippen molar-refractivity contribution in [3.05, 3.63) is 35.1 Å². The Morgan fingerprint density at radius 2 is 1.40 bits per heavy atom. The Morgan fingerprint density at radius 3 is 1.73 bits per heavy atom. The normalized spacial score (nSPS) is 9.87. The fourth-order valence-electron chi connectivity index (χ4n) is 1.20. The fraction of sp³-hybridized carbons (Fsp3) is 0.500. The summed E-state index contributed by atoms with van der Waals surface area (Å²) in [6.45, 7) is 7.86. The van der Waals surface area contributed by atoms with Crippen LogP contribution < -0.4 is 0 Å². The quantitative estimate of drug-likeness (QED) is 0.648. The Kier molecular flexibility index (Phi) is 6.06. The zero-order chi connectivity index (χ0) is 12.0. The second-order valence-corrected chi connectivity index (χ2v) is 3.47. The van der Waals surface area contributed by atoms with Crippen molar-refractivity contribution in [2.75, 3.05) is 0 Å². The molecular formula is C12H17F3. The van der Waals surface area contributed by atoms with E-state index in [1.807, 2.05) is 27.7 Å². The van der Waals surface area contributed by atoms with E-state index in [-0.39, 0.29) is 0 Å². The van der Waals surface area contributed by atoms with Crippen LogP contribution >= 0.6 is 0 Å². The first-order valence-corrected chi connectivity index (χ1v) is 5.14. The molecule has 0 bridgehead atoms. The van der Waals surface area contributed by atoms with Crippen LogP contribution in [0.15, 0.2) is 12.1 Å². The first-order chi connectivity index (χ1) is 7.00. The van der Waals surface area contributed by atoms with Gasteiger partial charge in [0, 0.05) is 0 Å². The van der Waals surface area contributed by atoms with Gasteiger partial charge in [-0.25, -0.2) is 13.2 Å². The molecular weight excluding hydrogens is 201 g/mol. The molecule has 0 atom stereocenters. The average molecular weight is 218 g/mol. The Bertz CT molecular complexity index is 283. The molecule has 0 spiro atoms. The van der Waals surface area contributed by atoms with Gasteiger partial charge in [0.15, 0.2) is 17.5 Å². The molecule has 0 radical (unpaired) electrons. The molecule has 0 saturated heterocycles. The summed E-state index contributed by atoms with van der Waals surface area (Å²) in [6.07, 6.45) is 0.550. The predicted molar refractivity (Wildman–Crippen MR) is 56.2 cm³/mol. The predicted octanol–water partition coefficient (Wildman–Crippen LogP) is 4.33. The monoisotopic (exact) mass is 218 g/mol. The van der Waals surface area contributed by atoms with Crippen molar-refractivity contribution in [2.24, 2.45) is 5.92 Å². The van der Waals surface area contributed by atoms with Crippen LogP contribution in [-0.2, 0) is 6.42 Å². The van der Waals surface area contributed by atoms with Crippen LogP contribution in [0.2, 0.25) is 0 Å². The third-order valence-electron chi connectivity index (χ3n) is 1.69. The SMILES string of the molecule is CC.CC(C)Cc1cc(F)c(F)c(F)c1. The lowest BCUT2D eigenvalue weighted by molar-refractivity contribution is 0.444. The van der Waals surface area contributed by atoms with Crippen LogP contribution in [0.1, 0.15) is 33.3 Å². The molecule has 0 saturated carbocycles. The standard InChI is InChI=1S/C10H11F3.C2H6/c1-6(2)3-7-4-8(11)10(13)9(12)5-7;1-2/h4-6H,3H2,1-2H3;1-2H3. The molecule has 0 nitrogen and oxygen atoms in total. The third kappa shape index (κ3) is 4.36. The van der Waals surface area contributed by atoms with Gasteiger partial charge >= 0.3 is 0 Å². The molecule has 0 unspecified atom stereocenters. The van der Waals surface area contributed by atoms with Crippen molar-refractivity contribution >= 4 is 0 Å².